The van der Waals surface area contributed by atoms with E-state index in [0.717, 1.165) is 15.7 Å². The standard InChI is InChI=1S/C12H14N2O3S2/c1-7(4-17-8(2)16)11-14-10(6-19-11)12-13-9(3-15)5-18-12/h5-7,15H,3-4H2,1-2H3/t7-/m1/s1. The average molecular weight is 298 g/mol. The van der Waals surface area contributed by atoms with Crippen molar-refractivity contribution >= 4 is 28.6 Å². The second-order valence-electron chi connectivity index (χ2n) is 4.08. The fourth-order valence-corrected chi connectivity index (χ4v) is 3.12. The number of nitrogens with zero attached hydrogens (tertiary/aromatic N) is 2. The van der Waals surface area contributed by atoms with Crippen LogP contribution >= 0.6 is 22.7 Å². The number of ether oxygens (including phenoxy) is 1. The summed E-state index contributed by atoms with van der Waals surface area (Å²) in [5, 5.41) is 14.4. The van der Waals surface area contributed by atoms with Gasteiger partial charge in [0.2, 0.25) is 0 Å². The molecule has 0 saturated carbocycles. The molecule has 0 aromatic carbocycles. The van der Waals surface area contributed by atoms with E-state index in [0.29, 0.717) is 12.3 Å². The van der Waals surface area contributed by atoms with Gasteiger partial charge in [0.1, 0.15) is 17.3 Å². The molecule has 0 radical (unpaired) electrons. The van der Waals surface area contributed by atoms with Crippen LogP contribution in [0.15, 0.2) is 10.8 Å². The van der Waals surface area contributed by atoms with Crippen molar-refractivity contribution in [1.29, 1.82) is 0 Å². The van der Waals surface area contributed by atoms with Crippen LogP contribution in [-0.4, -0.2) is 27.7 Å². The molecule has 0 unspecified atom stereocenters. The van der Waals surface area contributed by atoms with Gasteiger partial charge in [-0.05, 0) is 0 Å². The Labute approximate surface area is 118 Å². The van der Waals surface area contributed by atoms with E-state index < -0.39 is 0 Å². The van der Waals surface area contributed by atoms with E-state index in [-0.39, 0.29) is 18.5 Å². The zero-order valence-corrected chi connectivity index (χ0v) is 12.3. The predicted molar refractivity (Wildman–Crippen MR) is 74.2 cm³/mol. The van der Waals surface area contributed by atoms with E-state index in [2.05, 4.69) is 9.97 Å². The van der Waals surface area contributed by atoms with Gasteiger partial charge in [-0.25, -0.2) is 9.97 Å². The number of hydrogen-bond acceptors (Lipinski definition) is 7. The molecule has 0 spiro atoms. The quantitative estimate of drug-likeness (QED) is 0.858. The minimum absolute atomic E-state index is 0.0592. The van der Waals surface area contributed by atoms with Crippen LogP contribution in [0.5, 0.6) is 0 Å². The van der Waals surface area contributed by atoms with E-state index in [1.165, 1.54) is 29.6 Å². The minimum Gasteiger partial charge on any atom is -0.465 e. The van der Waals surface area contributed by atoms with Gasteiger partial charge >= 0.3 is 5.97 Å². The first kappa shape index (κ1) is 14.1. The number of aliphatic hydroxyl groups excluding tert-OH is 1. The van der Waals surface area contributed by atoms with E-state index in [1.54, 1.807) is 0 Å². The van der Waals surface area contributed by atoms with Crippen LogP contribution in [0.25, 0.3) is 10.7 Å². The van der Waals surface area contributed by atoms with Gasteiger partial charge in [-0.2, -0.15) is 0 Å². The highest BCUT2D eigenvalue weighted by Crippen LogP contribution is 2.28. The highest BCUT2D eigenvalue weighted by Gasteiger charge is 2.14. The van der Waals surface area contributed by atoms with Gasteiger partial charge < -0.3 is 9.84 Å². The lowest BCUT2D eigenvalue weighted by atomic mass is 10.2. The zero-order valence-electron chi connectivity index (χ0n) is 10.6. The fraction of sp³-hybridized carbons (Fsp3) is 0.417. The van der Waals surface area contributed by atoms with Gasteiger partial charge in [-0.3, -0.25) is 4.79 Å². The van der Waals surface area contributed by atoms with Crippen molar-refractivity contribution in [3.8, 4) is 10.7 Å². The highest BCUT2D eigenvalue weighted by atomic mass is 32.1. The molecule has 102 valence electrons. The molecule has 2 aromatic heterocycles. The number of carbonyl (C=O) groups is 1. The van der Waals surface area contributed by atoms with Gasteiger partial charge in [0, 0.05) is 23.6 Å². The van der Waals surface area contributed by atoms with Crippen molar-refractivity contribution in [2.45, 2.75) is 26.4 Å². The second-order valence-corrected chi connectivity index (χ2v) is 5.82. The summed E-state index contributed by atoms with van der Waals surface area (Å²) in [4.78, 5) is 19.5. The third kappa shape index (κ3) is 3.59. The number of thiazole rings is 2. The summed E-state index contributed by atoms with van der Waals surface area (Å²) in [7, 11) is 0. The Morgan fingerprint density at radius 2 is 2.21 bits per heavy atom. The molecule has 0 aliphatic heterocycles. The predicted octanol–water partition coefficient (Wildman–Crippen LogP) is 2.43. The Morgan fingerprint density at radius 3 is 2.84 bits per heavy atom. The number of rotatable bonds is 5. The maximum atomic E-state index is 10.8. The molecule has 1 N–H and O–H groups in total. The van der Waals surface area contributed by atoms with Crippen molar-refractivity contribution in [2.24, 2.45) is 0 Å². The Morgan fingerprint density at radius 1 is 1.42 bits per heavy atom. The zero-order chi connectivity index (χ0) is 13.8. The third-order valence-electron chi connectivity index (χ3n) is 2.41. The van der Waals surface area contributed by atoms with Crippen molar-refractivity contribution in [1.82, 2.24) is 9.97 Å². The van der Waals surface area contributed by atoms with Gasteiger partial charge in [-0.1, -0.05) is 6.92 Å². The minimum atomic E-state index is -0.281. The Bertz CT molecular complexity index is 565. The van der Waals surface area contributed by atoms with Gasteiger partial charge in [0.15, 0.2) is 0 Å². The summed E-state index contributed by atoms with van der Waals surface area (Å²) in [6.07, 6.45) is 0. The molecule has 1 atom stereocenters. The van der Waals surface area contributed by atoms with E-state index >= 15 is 0 Å². The van der Waals surface area contributed by atoms with Crippen molar-refractivity contribution in [3.05, 3.63) is 21.5 Å². The summed E-state index contributed by atoms with van der Waals surface area (Å²) in [5.74, 6) is -0.212. The van der Waals surface area contributed by atoms with Crippen LogP contribution < -0.4 is 0 Å². The second kappa shape index (κ2) is 6.23. The SMILES string of the molecule is CC(=O)OC[C@@H](C)c1nc(-c2nc(CO)cs2)cs1. The molecule has 2 aromatic rings. The Balaban J connectivity index is 2.07. The number of hydrogen-bond donors (Lipinski definition) is 1. The first-order chi connectivity index (χ1) is 9.10. The van der Waals surface area contributed by atoms with Gasteiger partial charge in [0.25, 0.3) is 0 Å². The Hall–Kier alpha value is -1.31. The molecule has 2 rings (SSSR count). The summed E-state index contributed by atoms with van der Waals surface area (Å²) < 4.78 is 4.98. The number of aromatic nitrogens is 2. The van der Waals surface area contributed by atoms with Crippen molar-refractivity contribution in [2.75, 3.05) is 6.61 Å². The molecule has 5 nitrogen and oxygen atoms in total. The average Bonchev–Trinajstić information content (AvgIpc) is 3.03. The van der Waals surface area contributed by atoms with Crippen LogP contribution in [0.2, 0.25) is 0 Å². The topological polar surface area (TPSA) is 72.3 Å². The van der Waals surface area contributed by atoms with Crippen LogP contribution in [-0.2, 0) is 16.1 Å². The molecule has 0 bridgehead atoms. The fourth-order valence-electron chi connectivity index (χ4n) is 1.42. The van der Waals surface area contributed by atoms with E-state index in [1.807, 2.05) is 17.7 Å². The third-order valence-corrected chi connectivity index (χ3v) is 4.40. The maximum absolute atomic E-state index is 10.8. The largest absolute Gasteiger partial charge is 0.465 e. The molecule has 2 heterocycles. The summed E-state index contributed by atoms with van der Waals surface area (Å²) in [6.45, 7) is 3.64. The lowest BCUT2D eigenvalue weighted by Gasteiger charge is -2.07. The Kier molecular flexibility index (Phi) is 4.62. The van der Waals surface area contributed by atoms with Crippen molar-refractivity contribution < 1.29 is 14.6 Å². The van der Waals surface area contributed by atoms with E-state index in [9.17, 15) is 4.79 Å². The van der Waals surface area contributed by atoms with Gasteiger partial charge in [0.05, 0.1) is 17.3 Å². The smallest absolute Gasteiger partial charge is 0.302 e. The van der Waals surface area contributed by atoms with Crippen LogP contribution in [0, 0.1) is 0 Å². The lowest BCUT2D eigenvalue weighted by Crippen LogP contribution is -2.07. The molecule has 19 heavy (non-hydrogen) atoms. The summed E-state index contributed by atoms with van der Waals surface area (Å²) >= 11 is 2.98. The lowest BCUT2D eigenvalue weighted by molar-refractivity contribution is -0.141. The molecular formula is C12H14N2O3S2. The highest BCUT2D eigenvalue weighted by molar-refractivity contribution is 7.14. The summed E-state index contributed by atoms with van der Waals surface area (Å²) in [5.41, 5.74) is 1.46. The molecule has 7 heteroatoms. The molecule has 0 aliphatic rings. The molecule has 0 fully saturated rings. The van der Waals surface area contributed by atoms with Gasteiger partial charge in [-0.15, -0.1) is 22.7 Å². The van der Waals surface area contributed by atoms with Crippen LogP contribution in [0.1, 0.15) is 30.5 Å². The van der Waals surface area contributed by atoms with Crippen molar-refractivity contribution in [3.63, 3.8) is 0 Å². The summed E-state index contributed by atoms with van der Waals surface area (Å²) in [6, 6.07) is 0. The first-order valence-corrected chi connectivity index (χ1v) is 7.50. The van der Waals surface area contributed by atoms with E-state index in [4.69, 9.17) is 9.84 Å². The number of aliphatic hydroxyl groups is 1. The number of esters is 1. The maximum Gasteiger partial charge on any atom is 0.302 e. The molecular weight excluding hydrogens is 284 g/mol. The van der Waals surface area contributed by atoms with Crippen LogP contribution in [0.4, 0.5) is 0 Å². The monoisotopic (exact) mass is 298 g/mol. The first-order valence-electron chi connectivity index (χ1n) is 5.74. The number of carbonyl (C=O) groups excluding carboxylic acids is 1. The van der Waals surface area contributed by atoms with Crippen LogP contribution in [0.3, 0.4) is 0 Å². The molecule has 0 amide bonds. The molecule has 0 saturated heterocycles. The molecule has 0 aliphatic carbocycles. The normalized spacial score (nSPS) is 12.4.